The Labute approximate surface area is 128 Å². The molecule has 0 bridgehead atoms. The van der Waals surface area contributed by atoms with Gasteiger partial charge in [-0.15, -0.1) is 0 Å². The first-order valence-corrected chi connectivity index (χ1v) is 7.14. The molecule has 0 atom stereocenters. The third kappa shape index (κ3) is 2.43. The van der Waals surface area contributed by atoms with Gasteiger partial charge in [0.05, 0.1) is 17.5 Å². The fourth-order valence-electron chi connectivity index (χ4n) is 2.43. The molecule has 112 valence electrons. The van der Waals surface area contributed by atoms with Gasteiger partial charge in [-0.2, -0.15) is 0 Å². The zero-order valence-corrected chi connectivity index (χ0v) is 12.8. The summed E-state index contributed by atoms with van der Waals surface area (Å²) in [5.74, 6) is 2.00. The van der Waals surface area contributed by atoms with Crippen LogP contribution >= 0.6 is 0 Å². The molecule has 1 aromatic carbocycles. The van der Waals surface area contributed by atoms with Crippen LogP contribution in [-0.4, -0.2) is 33.6 Å². The van der Waals surface area contributed by atoms with Crippen LogP contribution in [0.1, 0.15) is 12.7 Å². The molecule has 0 saturated heterocycles. The van der Waals surface area contributed by atoms with Gasteiger partial charge in [-0.3, -0.25) is 0 Å². The first kappa shape index (κ1) is 14.2. The van der Waals surface area contributed by atoms with Crippen molar-refractivity contribution >= 4 is 16.7 Å². The minimum atomic E-state index is 0.514. The van der Waals surface area contributed by atoms with E-state index in [1.54, 1.807) is 12.4 Å². The van der Waals surface area contributed by atoms with Gasteiger partial charge in [0.1, 0.15) is 17.3 Å². The summed E-state index contributed by atoms with van der Waals surface area (Å²) >= 11 is 0. The Kier molecular flexibility index (Phi) is 3.82. The molecule has 6 nitrogen and oxygen atoms in total. The molecule has 2 heterocycles. The summed E-state index contributed by atoms with van der Waals surface area (Å²) in [6.07, 6.45) is 3.28. The second kappa shape index (κ2) is 5.93. The van der Waals surface area contributed by atoms with Crippen LogP contribution in [0.25, 0.3) is 22.2 Å². The molecule has 3 rings (SSSR count). The number of aryl methyl sites for hydroxylation is 1. The van der Waals surface area contributed by atoms with Crippen LogP contribution in [0.4, 0.5) is 5.82 Å². The average Bonchev–Trinajstić information content (AvgIpc) is 2.54. The fourth-order valence-corrected chi connectivity index (χ4v) is 2.43. The number of hydrogen-bond acceptors (Lipinski definition) is 6. The van der Waals surface area contributed by atoms with E-state index in [4.69, 9.17) is 4.74 Å². The fraction of sp³-hybridized carbons (Fsp3) is 0.250. The van der Waals surface area contributed by atoms with Crippen molar-refractivity contribution < 1.29 is 4.74 Å². The Balaban J connectivity index is 2.32. The summed E-state index contributed by atoms with van der Waals surface area (Å²) in [4.78, 5) is 17.7. The van der Waals surface area contributed by atoms with E-state index in [1.165, 1.54) is 0 Å². The van der Waals surface area contributed by atoms with Crippen molar-refractivity contribution in [1.29, 1.82) is 0 Å². The van der Waals surface area contributed by atoms with Gasteiger partial charge in [0.25, 0.3) is 0 Å². The molecule has 0 amide bonds. The van der Waals surface area contributed by atoms with Gasteiger partial charge < -0.3 is 10.1 Å². The van der Waals surface area contributed by atoms with Gasteiger partial charge in [0, 0.05) is 25.0 Å². The van der Waals surface area contributed by atoms with Crippen molar-refractivity contribution in [3.05, 3.63) is 36.4 Å². The summed E-state index contributed by atoms with van der Waals surface area (Å²) in [5, 5.41) is 4.05. The molecule has 3 aromatic rings. The maximum atomic E-state index is 5.60. The Bertz CT molecular complexity index is 819. The van der Waals surface area contributed by atoms with E-state index >= 15 is 0 Å². The van der Waals surface area contributed by atoms with Crippen LogP contribution in [0, 0.1) is 6.92 Å². The number of hydrogen-bond donors (Lipinski definition) is 1. The highest BCUT2D eigenvalue weighted by Crippen LogP contribution is 2.34. The zero-order chi connectivity index (χ0) is 15.5. The molecule has 0 radical (unpaired) electrons. The van der Waals surface area contributed by atoms with Crippen molar-refractivity contribution in [3.8, 4) is 17.1 Å². The molecule has 22 heavy (non-hydrogen) atoms. The first-order valence-electron chi connectivity index (χ1n) is 7.14. The molecule has 0 aliphatic carbocycles. The van der Waals surface area contributed by atoms with E-state index in [-0.39, 0.29) is 0 Å². The van der Waals surface area contributed by atoms with E-state index < -0.39 is 0 Å². The first-order chi connectivity index (χ1) is 10.7. The second-order valence-electron chi connectivity index (χ2n) is 4.71. The third-order valence-electron chi connectivity index (χ3n) is 3.27. The summed E-state index contributed by atoms with van der Waals surface area (Å²) in [5.41, 5.74) is 2.46. The quantitative estimate of drug-likeness (QED) is 0.798. The molecule has 0 fully saturated rings. The van der Waals surface area contributed by atoms with Gasteiger partial charge >= 0.3 is 0 Å². The molecule has 0 unspecified atom stereocenters. The lowest BCUT2D eigenvalue weighted by Gasteiger charge is -2.12. The van der Waals surface area contributed by atoms with Crippen LogP contribution in [0.15, 0.2) is 30.6 Å². The van der Waals surface area contributed by atoms with Crippen LogP contribution in [0.5, 0.6) is 5.88 Å². The molecule has 0 aliphatic rings. The molecule has 0 aliphatic heterocycles. The number of rotatable bonds is 4. The molecule has 0 saturated carbocycles. The topological polar surface area (TPSA) is 72.8 Å². The summed E-state index contributed by atoms with van der Waals surface area (Å²) in [6, 6.07) is 5.90. The van der Waals surface area contributed by atoms with Gasteiger partial charge in [0.15, 0.2) is 0 Å². The molecule has 0 spiro atoms. The highest BCUT2D eigenvalue weighted by Gasteiger charge is 2.16. The van der Waals surface area contributed by atoms with Gasteiger partial charge in [0.2, 0.25) is 5.88 Å². The number of ether oxygens (including phenoxy) is 1. The Morgan fingerprint density at radius 1 is 1.14 bits per heavy atom. The van der Waals surface area contributed by atoms with Crippen LogP contribution in [0.2, 0.25) is 0 Å². The van der Waals surface area contributed by atoms with E-state index in [1.807, 2.05) is 39.1 Å². The Morgan fingerprint density at radius 3 is 2.73 bits per heavy atom. The van der Waals surface area contributed by atoms with E-state index in [9.17, 15) is 0 Å². The van der Waals surface area contributed by atoms with E-state index in [0.717, 1.165) is 28.1 Å². The number of anilines is 1. The molecule has 6 heteroatoms. The number of nitrogens with one attached hydrogen (secondary N) is 1. The molecule has 1 N–H and O–H groups in total. The summed E-state index contributed by atoms with van der Waals surface area (Å²) in [6.45, 7) is 4.33. The summed E-state index contributed by atoms with van der Waals surface area (Å²) < 4.78 is 5.60. The van der Waals surface area contributed by atoms with Crippen molar-refractivity contribution in [2.75, 3.05) is 19.0 Å². The number of nitrogens with zero attached hydrogens (tertiary/aromatic N) is 4. The van der Waals surface area contributed by atoms with Crippen molar-refractivity contribution in [2.45, 2.75) is 13.8 Å². The predicted molar refractivity (Wildman–Crippen MR) is 86.0 cm³/mol. The van der Waals surface area contributed by atoms with Gasteiger partial charge in [-0.1, -0.05) is 12.1 Å². The zero-order valence-electron chi connectivity index (χ0n) is 12.8. The highest BCUT2D eigenvalue weighted by atomic mass is 16.5. The monoisotopic (exact) mass is 295 g/mol. The minimum absolute atomic E-state index is 0.514. The largest absolute Gasteiger partial charge is 0.476 e. The number of aromatic nitrogens is 4. The van der Waals surface area contributed by atoms with Crippen molar-refractivity contribution in [3.63, 3.8) is 0 Å². The highest BCUT2D eigenvalue weighted by molar-refractivity contribution is 6.01. The maximum Gasteiger partial charge on any atom is 0.240 e. The molecular formula is C16H17N5O. The average molecular weight is 295 g/mol. The Morgan fingerprint density at radius 2 is 1.95 bits per heavy atom. The third-order valence-corrected chi connectivity index (χ3v) is 3.27. The number of benzene rings is 1. The van der Waals surface area contributed by atoms with Crippen LogP contribution in [-0.2, 0) is 0 Å². The van der Waals surface area contributed by atoms with Crippen molar-refractivity contribution in [1.82, 2.24) is 19.9 Å². The van der Waals surface area contributed by atoms with E-state index in [0.29, 0.717) is 18.2 Å². The standard InChI is InChI=1S/C16H17N5O/c1-4-22-16-14(18-8-9-19-16)11-6-5-7-12-13(11)15(17-3)21-10(2)20-12/h5-9H,4H2,1-3H3,(H,17,20,21). The van der Waals surface area contributed by atoms with Gasteiger partial charge in [-0.25, -0.2) is 19.9 Å². The van der Waals surface area contributed by atoms with E-state index in [2.05, 4.69) is 25.3 Å². The maximum absolute atomic E-state index is 5.60. The normalized spacial score (nSPS) is 10.7. The van der Waals surface area contributed by atoms with Gasteiger partial charge in [-0.05, 0) is 19.9 Å². The predicted octanol–water partition coefficient (Wildman–Crippen LogP) is 2.84. The smallest absolute Gasteiger partial charge is 0.240 e. The van der Waals surface area contributed by atoms with Crippen LogP contribution < -0.4 is 10.1 Å². The van der Waals surface area contributed by atoms with Crippen molar-refractivity contribution in [2.24, 2.45) is 0 Å². The minimum Gasteiger partial charge on any atom is -0.476 e. The number of fused-ring (bicyclic) bond motifs is 1. The lowest BCUT2D eigenvalue weighted by molar-refractivity contribution is 0.327. The molecular weight excluding hydrogens is 278 g/mol. The second-order valence-corrected chi connectivity index (χ2v) is 4.71. The summed E-state index contributed by atoms with van der Waals surface area (Å²) in [7, 11) is 1.85. The van der Waals surface area contributed by atoms with Crippen LogP contribution in [0.3, 0.4) is 0 Å². The SMILES string of the molecule is CCOc1nccnc1-c1cccc2nc(C)nc(NC)c12. The Hall–Kier alpha value is -2.76. The lowest BCUT2D eigenvalue weighted by atomic mass is 10.1. The lowest BCUT2D eigenvalue weighted by Crippen LogP contribution is -2.02. The molecule has 2 aromatic heterocycles.